The van der Waals surface area contributed by atoms with Gasteiger partial charge in [-0.3, -0.25) is 9.78 Å². The highest BCUT2D eigenvalue weighted by Gasteiger charge is 2.14. The number of fused-ring (bicyclic) bond motifs is 1. The topological polar surface area (TPSA) is 59.8 Å². The zero-order valence-electron chi connectivity index (χ0n) is 18.9. The maximum absolute atomic E-state index is 14.1. The van der Waals surface area contributed by atoms with Crippen LogP contribution in [-0.2, 0) is 18.8 Å². The molecule has 3 aromatic carbocycles. The molecule has 0 saturated carbocycles. The van der Waals surface area contributed by atoms with Crippen molar-refractivity contribution in [3.8, 4) is 0 Å². The van der Waals surface area contributed by atoms with Gasteiger partial charge in [0.1, 0.15) is 5.82 Å². The molecule has 5 aromatic rings. The van der Waals surface area contributed by atoms with Crippen molar-refractivity contribution >= 4 is 28.7 Å². The van der Waals surface area contributed by atoms with E-state index in [4.69, 9.17) is 4.98 Å². The average Bonchev–Trinajstić information content (AvgIpc) is 3.25. The third kappa shape index (κ3) is 5.41. The Morgan fingerprint density at radius 2 is 1.69 bits per heavy atom. The van der Waals surface area contributed by atoms with Gasteiger partial charge in [-0.05, 0) is 41.0 Å². The largest absolute Gasteiger partial charge is 0.348 e. The number of nitrogens with one attached hydrogen (secondary N) is 1. The second kappa shape index (κ2) is 10.5. The molecule has 0 aliphatic heterocycles. The molecule has 35 heavy (non-hydrogen) atoms. The molecule has 5 nitrogen and oxygen atoms in total. The standard InChI is InChI=1S/C28H23FN4OS/c29-24-9-5-4-8-23(24)19-35-28-32-25-14-15-30-17-26(25)33(28)18-21-10-12-22(13-11-21)27(34)31-16-20-6-2-1-3-7-20/h1-15,17H,16,18-19H2,(H,31,34). The van der Waals surface area contributed by atoms with Gasteiger partial charge in [0.05, 0.1) is 23.8 Å². The Morgan fingerprint density at radius 1 is 0.914 bits per heavy atom. The Morgan fingerprint density at radius 3 is 2.49 bits per heavy atom. The molecular weight excluding hydrogens is 459 g/mol. The summed E-state index contributed by atoms with van der Waals surface area (Å²) in [6.45, 7) is 1.05. The first-order valence-corrected chi connectivity index (χ1v) is 12.2. The summed E-state index contributed by atoms with van der Waals surface area (Å²) in [5.41, 5.74) is 5.08. The number of imidazole rings is 1. The molecule has 1 N–H and O–H groups in total. The number of nitrogens with zero attached hydrogens (tertiary/aromatic N) is 3. The van der Waals surface area contributed by atoms with E-state index in [9.17, 15) is 9.18 Å². The van der Waals surface area contributed by atoms with Gasteiger partial charge in [0.25, 0.3) is 5.91 Å². The number of hydrogen-bond acceptors (Lipinski definition) is 4. The summed E-state index contributed by atoms with van der Waals surface area (Å²) in [7, 11) is 0. The second-order valence-corrected chi connectivity index (χ2v) is 9.03. The van der Waals surface area contributed by atoms with Gasteiger partial charge in [0, 0.05) is 24.1 Å². The maximum atomic E-state index is 14.1. The van der Waals surface area contributed by atoms with E-state index >= 15 is 0 Å². The Labute approximate surface area is 207 Å². The van der Waals surface area contributed by atoms with Crippen molar-refractivity contribution in [1.29, 1.82) is 0 Å². The summed E-state index contributed by atoms with van der Waals surface area (Å²) in [5.74, 6) is 0.147. The molecule has 0 saturated heterocycles. The number of carbonyl (C=O) groups excluding carboxylic acids is 1. The lowest BCUT2D eigenvalue weighted by atomic mass is 10.1. The van der Waals surface area contributed by atoms with E-state index in [1.54, 1.807) is 24.5 Å². The first kappa shape index (κ1) is 22.8. The van der Waals surface area contributed by atoms with Gasteiger partial charge in [0.15, 0.2) is 5.16 Å². The summed E-state index contributed by atoms with van der Waals surface area (Å²) >= 11 is 1.49. The lowest BCUT2D eigenvalue weighted by molar-refractivity contribution is 0.0951. The maximum Gasteiger partial charge on any atom is 0.251 e. The number of carbonyl (C=O) groups is 1. The van der Waals surface area contributed by atoms with Gasteiger partial charge < -0.3 is 9.88 Å². The molecular formula is C28H23FN4OS. The molecule has 0 atom stereocenters. The van der Waals surface area contributed by atoms with Gasteiger partial charge in [-0.2, -0.15) is 0 Å². The Kier molecular flexibility index (Phi) is 6.86. The van der Waals surface area contributed by atoms with E-state index in [0.29, 0.717) is 30.0 Å². The molecule has 1 amide bonds. The van der Waals surface area contributed by atoms with Crippen LogP contribution in [0.25, 0.3) is 11.0 Å². The summed E-state index contributed by atoms with van der Waals surface area (Å²) in [5, 5.41) is 3.75. The monoisotopic (exact) mass is 482 g/mol. The van der Waals surface area contributed by atoms with Crippen LogP contribution >= 0.6 is 11.8 Å². The highest BCUT2D eigenvalue weighted by atomic mass is 32.2. The van der Waals surface area contributed by atoms with Crippen LogP contribution in [0.1, 0.15) is 27.0 Å². The van der Waals surface area contributed by atoms with Crippen molar-refractivity contribution < 1.29 is 9.18 Å². The Balaban J connectivity index is 1.32. The Hall–Kier alpha value is -3.97. The summed E-state index contributed by atoms with van der Waals surface area (Å²) < 4.78 is 16.2. The molecule has 2 heterocycles. The van der Waals surface area contributed by atoms with E-state index in [2.05, 4.69) is 14.9 Å². The fourth-order valence-corrected chi connectivity index (χ4v) is 4.79. The smallest absolute Gasteiger partial charge is 0.251 e. The highest BCUT2D eigenvalue weighted by molar-refractivity contribution is 7.98. The van der Waals surface area contributed by atoms with Crippen molar-refractivity contribution in [2.24, 2.45) is 0 Å². The van der Waals surface area contributed by atoms with Gasteiger partial charge in [-0.25, -0.2) is 9.37 Å². The van der Waals surface area contributed by atoms with E-state index in [-0.39, 0.29) is 11.7 Å². The molecule has 0 unspecified atom stereocenters. The summed E-state index contributed by atoms with van der Waals surface area (Å²) in [6, 6.07) is 26.0. The molecule has 0 spiro atoms. The van der Waals surface area contributed by atoms with Crippen LogP contribution in [0.2, 0.25) is 0 Å². The number of thioether (sulfide) groups is 1. The molecule has 5 rings (SSSR count). The zero-order chi connectivity index (χ0) is 24.0. The van der Waals surface area contributed by atoms with Gasteiger partial charge >= 0.3 is 0 Å². The zero-order valence-corrected chi connectivity index (χ0v) is 19.7. The quantitative estimate of drug-likeness (QED) is 0.282. The van der Waals surface area contributed by atoms with E-state index in [0.717, 1.165) is 27.3 Å². The van der Waals surface area contributed by atoms with Crippen molar-refractivity contribution in [2.75, 3.05) is 0 Å². The number of aromatic nitrogens is 3. The predicted octanol–water partition coefficient (Wildman–Crippen LogP) is 5.84. The number of halogens is 1. The number of pyridine rings is 1. The second-order valence-electron chi connectivity index (χ2n) is 8.09. The molecule has 7 heteroatoms. The molecule has 2 aromatic heterocycles. The van der Waals surface area contributed by atoms with E-state index < -0.39 is 0 Å². The predicted molar refractivity (Wildman–Crippen MR) is 137 cm³/mol. The van der Waals surface area contributed by atoms with Crippen LogP contribution in [0.5, 0.6) is 0 Å². The third-order valence-electron chi connectivity index (χ3n) is 5.68. The SMILES string of the molecule is O=C(NCc1ccccc1)c1ccc(Cn2c(SCc3ccccc3F)nc3ccncc32)cc1. The summed E-state index contributed by atoms with van der Waals surface area (Å²) in [6.07, 6.45) is 3.51. The van der Waals surface area contributed by atoms with Crippen molar-refractivity contribution in [3.05, 3.63) is 125 Å². The van der Waals surface area contributed by atoms with Crippen LogP contribution in [0.4, 0.5) is 4.39 Å². The van der Waals surface area contributed by atoms with E-state index in [1.165, 1.54) is 17.8 Å². The molecule has 0 bridgehead atoms. The first-order chi connectivity index (χ1) is 17.2. The number of amides is 1. The van der Waals surface area contributed by atoms with Gasteiger partial charge in [-0.15, -0.1) is 0 Å². The molecule has 174 valence electrons. The molecule has 0 aliphatic rings. The van der Waals surface area contributed by atoms with Crippen LogP contribution in [0.3, 0.4) is 0 Å². The lowest BCUT2D eigenvalue weighted by Gasteiger charge is -2.10. The average molecular weight is 483 g/mol. The first-order valence-electron chi connectivity index (χ1n) is 11.2. The van der Waals surface area contributed by atoms with Crippen molar-refractivity contribution in [3.63, 3.8) is 0 Å². The number of rotatable bonds is 8. The minimum absolute atomic E-state index is 0.112. The number of benzene rings is 3. The van der Waals surface area contributed by atoms with Crippen LogP contribution in [-0.4, -0.2) is 20.4 Å². The Bertz CT molecular complexity index is 1450. The van der Waals surface area contributed by atoms with Crippen molar-refractivity contribution in [2.45, 2.75) is 24.0 Å². The normalized spacial score (nSPS) is 11.0. The van der Waals surface area contributed by atoms with Crippen LogP contribution < -0.4 is 5.32 Å². The van der Waals surface area contributed by atoms with E-state index in [1.807, 2.05) is 66.7 Å². The fraction of sp³-hybridized carbons (Fsp3) is 0.107. The minimum Gasteiger partial charge on any atom is -0.348 e. The van der Waals surface area contributed by atoms with Crippen LogP contribution in [0.15, 0.2) is 102 Å². The summed E-state index contributed by atoms with van der Waals surface area (Å²) in [4.78, 5) is 21.6. The fourth-order valence-electron chi connectivity index (χ4n) is 3.79. The third-order valence-corrected chi connectivity index (χ3v) is 6.71. The van der Waals surface area contributed by atoms with Gasteiger partial charge in [0.2, 0.25) is 0 Å². The number of hydrogen-bond donors (Lipinski definition) is 1. The van der Waals surface area contributed by atoms with Crippen LogP contribution in [0, 0.1) is 5.82 Å². The van der Waals surface area contributed by atoms with Crippen molar-refractivity contribution in [1.82, 2.24) is 19.9 Å². The lowest BCUT2D eigenvalue weighted by Crippen LogP contribution is -2.22. The minimum atomic E-state index is -0.217. The molecule has 0 radical (unpaired) electrons. The molecule has 0 fully saturated rings. The van der Waals surface area contributed by atoms with Gasteiger partial charge in [-0.1, -0.05) is 72.4 Å². The molecule has 0 aliphatic carbocycles. The highest BCUT2D eigenvalue weighted by Crippen LogP contribution is 2.28.